The van der Waals surface area contributed by atoms with Crippen LogP contribution in [0.1, 0.15) is 51.7 Å². The molecule has 0 unspecified atom stereocenters. The number of fused-ring (bicyclic) bond motifs is 3. The van der Waals surface area contributed by atoms with Gasteiger partial charge in [0.05, 0.1) is 11.0 Å². The predicted molar refractivity (Wildman–Crippen MR) is 125 cm³/mol. The van der Waals surface area contributed by atoms with Crippen LogP contribution in [0, 0.1) is 0 Å². The van der Waals surface area contributed by atoms with Crippen LogP contribution >= 0.6 is 0 Å². The summed E-state index contributed by atoms with van der Waals surface area (Å²) in [7, 11) is 0. The third-order valence-electron chi connectivity index (χ3n) is 7.38. The molecule has 0 amide bonds. The Morgan fingerprint density at radius 3 is 2.55 bits per heavy atom. The maximum atomic E-state index is 13.1. The second-order valence-corrected chi connectivity index (χ2v) is 10.4. The Morgan fingerprint density at radius 1 is 1.03 bits per heavy atom. The number of nitrogens with one attached hydrogen (secondary N) is 1. The van der Waals surface area contributed by atoms with Gasteiger partial charge in [0.15, 0.2) is 0 Å². The van der Waals surface area contributed by atoms with E-state index in [2.05, 4.69) is 48.6 Å². The number of hydrogen-bond acceptors (Lipinski definition) is 4. The third-order valence-corrected chi connectivity index (χ3v) is 7.38. The molecular weight excluding hydrogens is 386 g/mol. The fourth-order valence-electron chi connectivity index (χ4n) is 5.40. The van der Waals surface area contributed by atoms with E-state index in [1.54, 1.807) is 0 Å². The molecular formula is C26H27N3O2. The Hall–Kier alpha value is -3.08. The fourth-order valence-corrected chi connectivity index (χ4v) is 5.40. The van der Waals surface area contributed by atoms with Gasteiger partial charge in [-0.1, -0.05) is 39.8 Å². The van der Waals surface area contributed by atoms with E-state index in [9.17, 15) is 4.79 Å². The van der Waals surface area contributed by atoms with E-state index in [-0.39, 0.29) is 16.5 Å². The SMILES string of the molecule is CC1(C)CCN2CCC(C)(C)c3c2c1cc1cc(-c2nc4ccccc4[nH]2)c(=O)oc31. The maximum absolute atomic E-state index is 13.1. The normalized spacial score (nSPS) is 19.0. The largest absolute Gasteiger partial charge is 0.422 e. The van der Waals surface area contributed by atoms with Crippen LogP contribution < -0.4 is 10.5 Å². The second-order valence-electron chi connectivity index (χ2n) is 10.4. The minimum absolute atomic E-state index is 0.0513. The highest BCUT2D eigenvalue weighted by molar-refractivity contribution is 5.92. The van der Waals surface area contributed by atoms with Crippen LogP contribution in [0.25, 0.3) is 33.4 Å². The van der Waals surface area contributed by atoms with Gasteiger partial charge in [-0.15, -0.1) is 0 Å². The highest BCUT2D eigenvalue weighted by Gasteiger charge is 2.42. The number of benzene rings is 2. The smallest absolute Gasteiger partial charge is 0.347 e. The summed E-state index contributed by atoms with van der Waals surface area (Å²) in [5.41, 5.74) is 6.50. The van der Waals surface area contributed by atoms with Gasteiger partial charge < -0.3 is 14.3 Å². The summed E-state index contributed by atoms with van der Waals surface area (Å²) in [6.45, 7) is 11.3. The molecule has 31 heavy (non-hydrogen) atoms. The number of aromatic amines is 1. The Morgan fingerprint density at radius 2 is 1.77 bits per heavy atom. The first-order chi connectivity index (χ1) is 14.7. The van der Waals surface area contributed by atoms with Crippen molar-refractivity contribution in [2.75, 3.05) is 18.0 Å². The lowest BCUT2D eigenvalue weighted by molar-refractivity contribution is 0.398. The second kappa shape index (κ2) is 6.00. The van der Waals surface area contributed by atoms with Crippen molar-refractivity contribution >= 4 is 27.7 Å². The van der Waals surface area contributed by atoms with E-state index in [1.807, 2.05) is 30.3 Å². The van der Waals surface area contributed by atoms with Crippen molar-refractivity contribution in [1.29, 1.82) is 0 Å². The van der Waals surface area contributed by atoms with Crippen LogP contribution in [0.3, 0.4) is 0 Å². The molecule has 0 aliphatic carbocycles. The molecule has 0 spiro atoms. The molecule has 0 bridgehead atoms. The van der Waals surface area contributed by atoms with E-state index in [0.29, 0.717) is 11.4 Å². The summed E-state index contributed by atoms with van der Waals surface area (Å²) in [5, 5.41) is 0.980. The molecule has 0 saturated carbocycles. The van der Waals surface area contributed by atoms with Gasteiger partial charge in [0, 0.05) is 29.7 Å². The lowest BCUT2D eigenvalue weighted by atomic mass is 9.69. The molecule has 4 heterocycles. The minimum atomic E-state index is -0.342. The molecule has 0 radical (unpaired) electrons. The van der Waals surface area contributed by atoms with Crippen LogP contribution in [0.4, 0.5) is 5.69 Å². The molecule has 2 aliphatic heterocycles. The first-order valence-corrected chi connectivity index (χ1v) is 11.1. The Bertz CT molecular complexity index is 1390. The summed E-state index contributed by atoms with van der Waals surface area (Å²) < 4.78 is 6.08. The van der Waals surface area contributed by atoms with Crippen molar-refractivity contribution in [3.8, 4) is 11.4 Å². The summed E-state index contributed by atoms with van der Waals surface area (Å²) in [5.74, 6) is 0.559. The number of aromatic nitrogens is 2. The number of H-pyrrole nitrogens is 1. The molecule has 4 aromatic rings. The van der Waals surface area contributed by atoms with Crippen molar-refractivity contribution in [2.45, 2.75) is 51.4 Å². The average molecular weight is 414 g/mol. The molecule has 6 rings (SSSR count). The first kappa shape index (κ1) is 18.7. The molecule has 158 valence electrons. The van der Waals surface area contributed by atoms with E-state index in [4.69, 9.17) is 4.42 Å². The van der Waals surface area contributed by atoms with E-state index < -0.39 is 0 Å². The van der Waals surface area contributed by atoms with Crippen molar-refractivity contribution < 1.29 is 4.42 Å². The van der Waals surface area contributed by atoms with Gasteiger partial charge in [0.1, 0.15) is 17.0 Å². The number of rotatable bonds is 1. The highest BCUT2D eigenvalue weighted by Crippen LogP contribution is 2.51. The van der Waals surface area contributed by atoms with Crippen molar-refractivity contribution in [2.24, 2.45) is 0 Å². The Balaban J connectivity index is 1.68. The predicted octanol–water partition coefficient (Wildman–Crippen LogP) is 5.51. The monoisotopic (exact) mass is 413 g/mol. The lowest BCUT2D eigenvalue weighted by Crippen LogP contribution is -2.44. The summed E-state index contributed by atoms with van der Waals surface area (Å²) in [6.07, 6.45) is 2.17. The minimum Gasteiger partial charge on any atom is -0.422 e. The zero-order valence-electron chi connectivity index (χ0n) is 18.5. The topological polar surface area (TPSA) is 62.1 Å². The highest BCUT2D eigenvalue weighted by atomic mass is 16.4. The molecule has 0 fully saturated rings. The Kier molecular flexibility index (Phi) is 3.61. The Labute approximate surface area is 181 Å². The van der Waals surface area contributed by atoms with Gasteiger partial charge in [-0.3, -0.25) is 0 Å². The van der Waals surface area contributed by atoms with Gasteiger partial charge in [-0.25, -0.2) is 9.78 Å². The molecule has 2 aromatic carbocycles. The number of nitrogens with zero attached hydrogens (tertiary/aromatic N) is 2. The molecule has 0 saturated heterocycles. The van der Waals surface area contributed by atoms with E-state index in [0.717, 1.165) is 47.9 Å². The van der Waals surface area contributed by atoms with Crippen molar-refractivity contribution in [3.63, 3.8) is 0 Å². The number of para-hydroxylation sites is 2. The van der Waals surface area contributed by atoms with Crippen LogP contribution in [-0.2, 0) is 10.8 Å². The molecule has 5 nitrogen and oxygen atoms in total. The van der Waals surface area contributed by atoms with E-state index >= 15 is 0 Å². The number of imidazole rings is 1. The van der Waals surface area contributed by atoms with Gasteiger partial charge in [0.2, 0.25) is 0 Å². The summed E-state index contributed by atoms with van der Waals surface area (Å²) in [6, 6.07) is 12.0. The van der Waals surface area contributed by atoms with Crippen LogP contribution in [-0.4, -0.2) is 23.1 Å². The molecule has 0 atom stereocenters. The van der Waals surface area contributed by atoms with Crippen molar-refractivity contribution in [1.82, 2.24) is 9.97 Å². The summed E-state index contributed by atoms with van der Waals surface area (Å²) >= 11 is 0. The molecule has 2 aromatic heterocycles. The maximum Gasteiger partial charge on any atom is 0.347 e. The lowest BCUT2D eigenvalue weighted by Gasteiger charge is -2.48. The van der Waals surface area contributed by atoms with Crippen molar-refractivity contribution in [3.05, 3.63) is 57.9 Å². The average Bonchev–Trinajstić information content (AvgIpc) is 3.15. The fraction of sp³-hybridized carbons (Fsp3) is 0.385. The van der Waals surface area contributed by atoms with Gasteiger partial charge in [0.25, 0.3) is 0 Å². The quantitative estimate of drug-likeness (QED) is 0.418. The van der Waals surface area contributed by atoms with Crippen LogP contribution in [0.5, 0.6) is 0 Å². The van der Waals surface area contributed by atoms with Gasteiger partial charge in [-0.05, 0) is 53.5 Å². The summed E-state index contributed by atoms with van der Waals surface area (Å²) in [4.78, 5) is 23.6. The molecule has 5 heteroatoms. The first-order valence-electron chi connectivity index (χ1n) is 11.1. The van der Waals surface area contributed by atoms with Crippen LogP contribution in [0.15, 0.2) is 45.6 Å². The zero-order chi connectivity index (χ0) is 21.5. The number of hydrogen-bond donors (Lipinski definition) is 1. The zero-order valence-corrected chi connectivity index (χ0v) is 18.5. The third kappa shape index (κ3) is 2.62. The van der Waals surface area contributed by atoms with E-state index in [1.165, 1.54) is 16.8 Å². The molecule has 1 N–H and O–H groups in total. The molecule has 2 aliphatic rings. The van der Waals surface area contributed by atoms with Gasteiger partial charge in [-0.2, -0.15) is 0 Å². The van der Waals surface area contributed by atoms with Crippen LogP contribution in [0.2, 0.25) is 0 Å². The van der Waals surface area contributed by atoms with Gasteiger partial charge >= 0.3 is 5.63 Å². The number of anilines is 1. The standard InChI is InChI=1S/C26H27N3O2/c1-25(2)9-11-29-12-10-26(3,4)20-21(29)17(25)14-15-13-16(24(30)31-22(15)20)23-27-18-7-5-6-8-19(18)28-23/h5-8,13-14H,9-12H2,1-4H3,(H,27,28).